The summed E-state index contributed by atoms with van der Waals surface area (Å²) in [6.07, 6.45) is -0.471. The summed E-state index contributed by atoms with van der Waals surface area (Å²) in [5.41, 5.74) is 14.5. The standard InChI is InChI=1S/C20H15BrCl2N4O3/c21-12-5-15-14(28-7-29-15)4-10(12)16-11(6-24)19(25)30-20-17(16)18(26-27-20)9-2-1-8(22)3-13(9)23/h1-5,16-18,20,26-27H,7,25H2. The van der Waals surface area contributed by atoms with E-state index in [1.807, 2.05) is 18.2 Å². The molecule has 4 unspecified atom stereocenters. The molecular formula is C20H15BrCl2N4O3. The first-order valence-electron chi connectivity index (χ1n) is 9.09. The number of halogens is 3. The fraction of sp³-hybridized carbons (Fsp3) is 0.250. The van der Waals surface area contributed by atoms with Crippen LogP contribution in [0, 0.1) is 17.2 Å². The van der Waals surface area contributed by atoms with Crippen LogP contribution in [-0.2, 0) is 4.74 Å². The molecular weight excluding hydrogens is 495 g/mol. The maximum atomic E-state index is 9.92. The molecule has 3 aliphatic heterocycles. The first-order valence-corrected chi connectivity index (χ1v) is 10.6. The Morgan fingerprint density at radius 3 is 2.60 bits per heavy atom. The number of hydrogen-bond acceptors (Lipinski definition) is 7. The van der Waals surface area contributed by atoms with Crippen molar-refractivity contribution in [3.63, 3.8) is 0 Å². The van der Waals surface area contributed by atoms with Gasteiger partial charge in [0.1, 0.15) is 6.07 Å². The molecule has 4 N–H and O–H groups in total. The largest absolute Gasteiger partial charge is 0.458 e. The van der Waals surface area contributed by atoms with E-state index >= 15 is 0 Å². The highest BCUT2D eigenvalue weighted by Gasteiger charge is 2.50. The molecule has 1 saturated heterocycles. The number of rotatable bonds is 2. The number of nitrogens with one attached hydrogen (secondary N) is 2. The van der Waals surface area contributed by atoms with Gasteiger partial charge in [-0.15, -0.1) is 0 Å². The van der Waals surface area contributed by atoms with E-state index in [0.29, 0.717) is 27.1 Å². The van der Waals surface area contributed by atoms with Crippen LogP contribution in [-0.4, -0.2) is 13.0 Å². The van der Waals surface area contributed by atoms with Crippen molar-refractivity contribution in [2.24, 2.45) is 11.7 Å². The Morgan fingerprint density at radius 1 is 1.10 bits per heavy atom. The third-order valence-corrected chi connectivity index (χ3v) is 6.83. The van der Waals surface area contributed by atoms with E-state index < -0.39 is 12.1 Å². The molecule has 0 radical (unpaired) electrons. The molecule has 2 aromatic carbocycles. The molecule has 0 spiro atoms. The highest BCUT2D eigenvalue weighted by atomic mass is 79.9. The number of nitrogens with two attached hydrogens (primary N) is 1. The van der Waals surface area contributed by atoms with E-state index in [9.17, 15) is 5.26 Å². The molecule has 2 aromatic rings. The first-order chi connectivity index (χ1) is 14.5. The number of nitriles is 1. The number of ether oxygens (including phenoxy) is 3. The molecule has 0 aliphatic carbocycles. The van der Waals surface area contributed by atoms with Crippen molar-refractivity contribution in [2.75, 3.05) is 6.79 Å². The normalized spacial score (nSPS) is 26.9. The summed E-state index contributed by atoms with van der Waals surface area (Å²) in [6, 6.07) is 11.0. The lowest BCUT2D eigenvalue weighted by molar-refractivity contribution is 0.0339. The second-order valence-corrected chi connectivity index (χ2v) is 8.84. The summed E-state index contributed by atoms with van der Waals surface area (Å²) >= 11 is 16.2. The Morgan fingerprint density at radius 2 is 1.87 bits per heavy atom. The number of hydrogen-bond donors (Lipinski definition) is 3. The van der Waals surface area contributed by atoms with E-state index in [1.54, 1.807) is 12.1 Å². The van der Waals surface area contributed by atoms with Gasteiger partial charge in [-0.3, -0.25) is 0 Å². The Labute approximate surface area is 190 Å². The van der Waals surface area contributed by atoms with Gasteiger partial charge in [-0.05, 0) is 35.4 Å². The van der Waals surface area contributed by atoms with Crippen molar-refractivity contribution in [1.29, 1.82) is 5.26 Å². The quantitative estimate of drug-likeness (QED) is 0.560. The lowest BCUT2D eigenvalue weighted by atomic mass is 9.74. The molecule has 0 saturated carbocycles. The van der Waals surface area contributed by atoms with Crippen LogP contribution in [0.1, 0.15) is 23.1 Å². The van der Waals surface area contributed by atoms with Crippen LogP contribution in [0.25, 0.3) is 0 Å². The van der Waals surface area contributed by atoms with Crippen LogP contribution in [0.5, 0.6) is 11.5 Å². The van der Waals surface area contributed by atoms with Gasteiger partial charge >= 0.3 is 0 Å². The summed E-state index contributed by atoms with van der Waals surface area (Å²) in [7, 11) is 0. The lowest BCUT2D eigenvalue weighted by Crippen LogP contribution is -2.41. The van der Waals surface area contributed by atoms with Crippen LogP contribution < -0.4 is 26.1 Å². The molecule has 0 bridgehead atoms. The highest BCUT2D eigenvalue weighted by molar-refractivity contribution is 9.10. The van der Waals surface area contributed by atoms with Crippen molar-refractivity contribution in [3.05, 3.63) is 67.4 Å². The minimum atomic E-state index is -0.471. The van der Waals surface area contributed by atoms with Crippen LogP contribution >= 0.6 is 39.1 Å². The van der Waals surface area contributed by atoms with Crippen LogP contribution in [0.15, 0.2) is 46.3 Å². The van der Waals surface area contributed by atoms with Crippen molar-refractivity contribution in [2.45, 2.75) is 18.2 Å². The minimum absolute atomic E-state index is 0.0884. The molecule has 10 heteroatoms. The first kappa shape index (κ1) is 19.8. The molecule has 0 aromatic heterocycles. The smallest absolute Gasteiger partial charge is 0.231 e. The average Bonchev–Trinajstić information content (AvgIpc) is 3.33. The molecule has 1 fully saturated rings. The van der Waals surface area contributed by atoms with Crippen LogP contribution in [0.4, 0.5) is 0 Å². The van der Waals surface area contributed by atoms with E-state index in [0.717, 1.165) is 15.6 Å². The van der Waals surface area contributed by atoms with E-state index in [4.69, 9.17) is 43.1 Å². The number of benzene rings is 2. The average molecular weight is 510 g/mol. The molecule has 154 valence electrons. The van der Waals surface area contributed by atoms with Gasteiger partial charge in [0.15, 0.2) is 17.7 Å². The van der Waals surface area contributed by atoms with Crippen LogP contribution in [0.3, 0.4) is 0 Å². The summed E-state index contributed by atoms with van der Waals surface area (Å²) in [6.45, 7) is 0.153. The van der Waals surface area contributed by atoms with Gasteiger partial charge in [0, 0.05) is 26.4 Å². The maximum Gasteiger partial charge on any atom is 0.231 e. The van der Waals surface area contributed by atoms with Gasteiger partial charge in [-0.1, -0.05) is 45.2 Å². The Hall–Kier alpha value is -2.15. The van der Waals surface area contributed by atoms with Gasteiger partial charge in [0.2, 0.25) is 12.7 Å². The number of fused-ring (bicyclic) bond motifs is 2. The van der Waals surface area contributed by atoms with Gasteiger partial charge in [-0.2, -0.15) is 5.26 Å². The predicted molar refractivity (Wildman–Crippen MR) is 114 cm³/mol. The molecule has 0 amide bonds. The second kappa shape index (κ2) is 7.52. The minimum Gasteiger partial charge on any atom is -0.458 e. The summed E-state index contributed by atoms with van der Waals surface area (Å²) in [4.78, 5) is 0. The van der Waals surface area contributed by atoms with Crippen molar-refractivity contribution >= 4 is 39.1 Å². The second-order valence-electron chi connectivity index (χ2n) is 7.14. The topological polar surface area (TPSA) is 102 Å². The molecule has 3 heterocycles. The molecule has 5 rings (SSSR count). The SMILES string of the molecule is N#CC1=C(N)OC2NNC(c3ccc(Cl)cc3Cl)C2C1c1cc2c(cc1Br)OCO2. The molecule has 7 nitrogen and oxygen atoms in total. The van der Waals surface area contributed by atoms with Crippen molar-refractivity contribution in [1.82, 2.24) is 10.9 Å². The van der Waals surface area contributed by atoms with Crippen molar-refractivity contribution < 1.29 is 14.2 Å². The third kappa shape index (κ3) is 3.09. The third-order valence-electron chi connectivity index (χ3n) is 5.58. The fourth-order valence-electron chi connectivity index (χ4n) is 4.26. The van der Waals surface area contributed by atoms with Crippen molar-refractivity contribution in [3.8, 4) is 17.6 Å². The Bertz CT molecular complexity index is 1120. The Balaban J connectivity index is 1.66. The fourth-order valence-corrected chi connectivity index (χ4v) is 5.35. The Kier molecular flexibility index (Phi) is 4.96. The van der Waals surface area contributed by atoms with E-state index in [-0.39, 0.29) is 24.6 Å². The number of allylic oxidation sites excluding steroid dienone is 1. The van der Waals surface area contributed by atoms with Gasteiger partial charge in [-0.25, -0.2) is 10.9 Å². The van der Waals surface area contributed by atoms with Gasteiger partial charge in [0.05, 0.1) is 11.6 Å². The summed E-state index contributed by atoms with van der Waals surface area (Å²) in [5.74, 6) is 0.724. The summed E-state index contributed by atoms with van der Waals surface area (Å²) in [5, 5.41) is 11.0. The maximum absolute atomic E-state index is 9.92. The summed E-state index contributed by atoms with van der Waals surface area (Å²) < 4.78 is 17.6. The highest BCUT2D eigenvalue weighted by Crippen LogP contribution is 2.51. The van der Waals surface area contributed by atoms with Gasteiger partial charge < -0.3 is 19.9 Å². The molecule has 4 atom stereocenters. The molecule has 30 heavy (non-hydrogen) atoms. The van der Waals surface area contributed by atoms with E-state index in [2.05, 4.69) is 32.9 Å². The lowest BCUT2D eigenvalue weighted by Gasteiger charge is -2.36. The zero-order valence-electron chi connectivity index (χ0n) is 15.3. The predicted octanol–water partition coefficient (Wildman–Crippen LogP) is 4.08. The molecule has 3 aliphatic rings. The van der Waals surface area contributed by atoms with E-state index in [1.165, 1.54) is 0 Å². The zero-order valence-corrected chi connectivity index (χ0v) is 18.4. The number of hydrazine groups is 1. The van der Waals surface area contributed by atoms with Crippen LogP contribution in [0.2, 0.25) is 10.0 Å². The van der Waals surface area contributed by atoms with Gasteiger partial charge in [0.25, 0.3) is 0 Å². The number of nitrogens with zero attached hydrogens (tertiary/aromatic N) is 1. The monoisotopic (exact) mass is 508 g/mol. The zero-order chi connectivity index (χ0) is 21.0.